The molecule has 1 aliphatic carbocycles. The summed E-state index contributed by atoms with van der Waals surface area (Å²) in [6, 6.07) is 11.8. The molecule has 0 atom stereocenters. The molecule has 0 bridgehead atoms. The third-order valence-corrected chi connectivity index (χ3v) is 5.62. The predicted molar refractivity (Wildman–Crippen MR) is 99.2 cm³/mol. The van der Waals surface area contributed by atoms with Gasteiger partial charge >= 0.3 is 0 Å². The van der Waals surface area contributed by atoms with Gasteiger partial charge in [-0.25, -0.2) is 0 Å². The maximum Gasteiger partial charge on any atom is 0.195 e. The zero-order valence-corrected chi connectivity index (χ0v) is 15.7. The van der Waals surface area contributed by atoms with Crippen LogP contribution in [0.1, 0.15) is 41.0 Å². The lowest BCUT2D eigenvalue weighted by molar-refractivity contribution is 0.103. The monoisotopic (exact) mass is 383 g/mol. The van der Waals surface area contributed by atoms with Gasteiger partial charge in [0.1, 0.15) is 5.75 Å². The van der Waals surface area contributed by atoms with Gasteiger partial charge in [0.25, 0.3) is 0 Å². The molecule has 3 aromatic rings. The molecule has 0 radical (unpaired) electrons. The van der Waals surface area contributed by atoms with Crippen LogP contribution in [0.25, 0.3) is 10.9 Å². The number of hydrogen-bond acceptors (Lipinski definition) is 2. The van der Waals surface area contributed by atoms with Crippen molar-refractivity contribution in [2.45, 2.75) is 19.3 Å². The van der Waals surface area contributed by atoms with Crippen molar-refractivity contribution < 1.29 is 9.53 Å². The molecule has 3 nitrogen and oxygen atoms in total. The first-order valence-corrected chi connectivity index (χ1v) is 8.67. The van der Waals surface area contributed by atoms with E-state index in [0.29, 0.717) is 0 Å². The Morgan fingerprint density at radius 1 is 1.12 bits per heavy atom. The van der Waals surface area contributed by atoms with Crippen LogP contribution in [0, 0.1) is 0 Å². The zero-order chi connectivity index (χ0) is 17.2. The Bertz CT molecular complexity index is 1010. The quantitative estimate of drug-likeness (QED) is 0.603. The van der Waals surface area contributed by atoms with Crippen molar-refractivity contribution in [1.29, 1.82) is 0 Å². The van der Waals surface area contributed by atoms with Gasteiger partial charge in [0.2, 0.25) is 0 Å². The first kappa shape index (κ1) is 15.5. The minimum Gasteiger partial charge on any atom is -0.497 e. The SMILES string of the molecule is COc1ccc2c(c1)C(C)(C)c1c(c3ccc(Br)cc3n1C)C2=O. The van der Waals surface area contributed by atoms with Crippen molar-refractivity contribution in [3.63, 3.8) is 0 Å². The molecule has 0 fully saturated rings. The number of aryl methyl sites for hydroxylation is 1. The highest BCUT2D eigenvalue weighted by Crippen LogP contribution is 2.46. The molecule has 0 spiro atoms. The molecular weight excluding hydrogens is 366 g/mol. The van der Waals surface area contributed by atoms with Crippen LogP contribution in [0.15, 0.2) is 40.9 Å². The smallest absolute Gasteiger partial charge is 0.195 e. The second-order valence-corrected chi connectivity index (χ2v) is 7.73. The highest BCUT2D eigenvalue weighted by Gasteiger charge is 2.41. The molecule has 0 N–H and O–H groups in total. The first-order valence-electron chi connectivity index (χ1n) is 7.88. The van der Waals surface area contributed by atoms with E-state index in [4.69, 9.17) is 4.74 Å². The summed E-state index contributed by atoms with van der Waals surface area (Å²) in [7, 11) is 3.69. The zero-order valence-electron chi connectivity index (χ0n) is 14.1. The van der Waals surface area contributed by atoms with Gasteiger partial charge in [0.15, 0.2) is 5.78 Å². The second kappa shape index (κ2) is 4.96. The summed E-state index contributed by atoms with van der Waals surface area (Å²) in [6.45, 7) is 4.34. The highest BCUT2D eigenvalue weighted by atomic mass is 79.9. The van der Waals surface area contributed by atoms with Crippen LogP contribution >= 0.6 is 15.9 Å². The van der Waals surface area contributed by atoms with E-state index in [1.807, 2.05) is 37.4 Å². The van der Waals surface area contributed by atoms with Gasteiger partial charge in [-0.05, 0) is 35.9 Å². The number of methoxy groups -OCH3 is 1. The van der Waals surface area contributed by atoms with Crippen molar-refractivity contribution in [3.05, 3.63) is 63.3 Å². The van der Waals surface area contributed by atoms with E-state index in [9.17, 15) is 4.79 Å². The largest absolute Gasteiger partial charge is 0.497 e. The fourth-order valence-corrected chi connectivity index (χ4v) is 4.35. The van der Waals surface area contributed by atoms with Crippen LogP contribution in [0.5, 0.6) is 5.75 Å². The summed E-state index contributed by atoms with van der Waals surface area (Å²) in [5, 5.41) is 1.01. The molecule has 0 saturated heterocycles. The standard InChI is InChI=1S/C20H18BrNO2/c1-20(2)15-10-12(24-4)6-8-13(15)18(23)17-14-7-5-11(21)9-16(14)22(3)19(17)20/h5-10H,1-4H3. The van der Waals surface area contributed by atoms with Crippen LogP contribution in [0.2, 0.25) is 0 Å². The van der Waals surface area contributed by atoms with Crippen molar-refractivity contribution >= 4 is 32.6 Å². The second-order valence-electron chi connectivity index (χ2n) is 6.81. The summed E-state index contributed by atoms with van der Waals surface area (Å²) in [4.78, 5) is 13.2. The topological polar surface area (TPSA) is 31.2 Å². The number of hydrogen-bond donors (Lipinski definition) is 0. The number of ketones is 1. The minimum absolute atomic E-state index is 0.0925. The van der Waals surface area contributed by atoms with Gasteiger partial charge in [-0.1, -0.05) is 35.8 Å². The summed E-state index contributed by atoms with van der Waals surface area (Å²) >= 11 is 3.54. The normalized spacial score (nSPS) is 15.3. The molecule has 2 aromatic carbocycles. The van der Waals surface area contributed by atoms with Gasteiger partial charge in [-0.3, -0.25) is 4.79 Å². The Hall–Kier alpha value is -2.07. The minimum atomic E-state index is -0.284. The number of halogens is 1. The molecular formula is C20H18BrNO2. The van der Waals surface area contributed by atoms with Crippen molar-refractivity contribution in [1.82, 2.24) is 4.57 Å². The van der Waals surface area contributed by atoms with E-state index in [2.05, 4.69) is 40.4 Å². The van der Waals surface area contributed by atoms with Crippen LogP contribution in [-0.2, 0) is 12.5 Å². The van der Waals surface area contributed by atoms with E-state index >= 15 is 0 Å². The number of aromatic nitrogens is 1. The first-order chi connectivity index (χ1) is 11.4. The van der Waals surface area contributed by atoms with Gasteiger partial charge in [0, 0.05) is 39.1 Å². The number of nitrogens with zero attached hydrogens (tertiary/aromatic N) is 1. The fraction of sp³-hybridized carbons (Fsp3) is 0.250. The number of rotatable bonds is 1. The number of carbonyl (C=O) groups is 1. The molecule has 24 heavy (non-hydrogen) atoms. The molecule has 0 saturated carbocycles. The van der Waals surface area contributed by atoms with Gasteiger partial charge in [-0.2, -0.15) is 0 Å². The van der Waals surface area contributed by atoms with Gasteiger partial charge in [0.05, 0.1) is 12.7 Å². The van der Waals surface area contributed by atoms with E-state index in [1.165, 1.54) is 0 Å². The van der Waals surface area contributed by atoms with E-state index in [-0.39, 0.29) is 11.2 Å². The number of benzene rings is 2. The summed E-state index contributed by atoms with van der Waals surface area (Å²) < 4.78 is 8.54. The summed E-state index contributed by atoms with van der Waals surface area (Å²) in [5.74, 6) is 0.870. The number of ether oxygens (including phenoxy) is 1. The van der Waals surface area contributed by atoms with Crippen LogP contribution in [-0.4, -0.2) is 17.5 Å². The number of carbonyl (C=O) groups excluding carboxylic acids is 1. The van der Waals surface area contributed by atoms with Gasteiger partial charge < -0.3 is 9.30 Å². The van der Waals surface area contributed by atoms with E-state index < -0.39 is 0 Å². The molecule has 0 amide bonds. The number of fused-ring (bicyclic) bond motifs is 4. The maximum absolute atomic E-state index is 13.2. The van der Waals surface area contributed by atoms with Crippen LogP contribution < -0.4 is 4.74 Å². The van der Waals surface area contributed by atoms with Crippen LogP contribution in [0.3, 0.4) is 0 Å². The third kappa shape index (κ3) is 1.86. The lowest BCUT2D eigenvalue weighted by Crippen LogP contribution is -2.32. The Kier molecular flexibility index (Phi) is 3.20. The Morgan fingerprint density at radius 2 is 1.88 bits per heavy atom. The molecule has 0 unspecified atom stereocenters. The van der Waals surface area contributed by atoms with Crippen LogP contribution in [0.4, 0.5) is 0 Å². The Morgan fingerprint density at radius 3 is 2.58 bits per heavy atom. The molecule has 4 heteroatoms. The Balaban J connectivity index is 2.13. The van der Waals surface area contributed by atoms with Gasteiger partial charge in [-0.15, -0.1) is 0 Å². The highest BCUT2D eigenvalue weighted by molar-refractivity contribution is 9.10. The van der Waals surface area contributed by atoms with Crippen molar-refractivity contribution in [2.75, 3.05) is 7.11 Å². The molecule has 122 valence electrons. The summed E-state index contributed by atoms with van der Waals surface area (Å²) in [6.07, 6.45) is 0. The van der Waals surface area contributed by atoms with Crippen molar-refractivity contribution in [2.24, 2.45) is 7.05 Å². The molecule has 0 aliphatic heterocycles. The molecule has 1 heterocycles. The lowest BCUT2D eigenvalue weighted by Gasteiger charge is -2.33. The molecule has 1 aliphatic rings. The van der Waals surface area contributed by atoms with Crippen molar-refractivity contribution in [3.8, 4) is 5.75 Å². The predicted octanol–water partition coefficient (Wildman–Crippen LogP) is 4.82. The fourth-order valence-electron chi connectivity index (χ4n) is 4.00. The van der Waals surface area contributed by atoms with E-state index in [0.717, 1.165) is 43.5 Å². The Labute approximate surface area is 149 Å². The average Bonchev–Trinajstić information content (AvgIpc) is 2.86. The lowest BCUT2D eigenvalue weighted by atomic mass is 9.71. The maximum atomic E-state index is 13.2. The van der Waals surface area contributed by atoms with E-state index in [1.54, 1.807) is 7.11 Å². The molecule has 1 aromatic heterocycles. The summed E-state index contributed by atoms with van der Waals surface area (Å²) in [5.41, 5.74) is 4.44. The average molecular weight is 384 g/mol. The third-order valence-electron chi connectivity index (χ3n) is 5.13. The molecule has 4 rings (SSSR count).